The van der Waals surface area contributed by atoms with Gasteiger partial charge in [-0.25, -0.2) is 0 Å². The topological polar surface area (TPSA) is 25.8 Å². The predicted octanol–water partition coefficient (Wildman–Crippen LogP) is 6.48. The van der Waals surface area contributed by atoms with E-state index in [2.05, 4.69) is 35.1 Å². The number of pyridine rings is 2. The van der Waals surface area contributed by atoms with E-state index >= 15 is 0 Å². The van der Waals surface area contributed by atoms with Gasteiger partial charge in [-0.05, 0) is 49.1 Å². The number of hydrogen-bond donors (Lipinski definition) is 0. The highest BCUT2D eigenvalue weighted by molar-refractivity contribution is 5.96. The van der Waals surface area contributed by atoms with E-state index in [0.717, 1.165) is 11.2 Å². The van der Waals surface area contributed by atoms with Crippen LogP contribution >= 0.6 is 0 Å². The summed E-state index contributed by atoms with van der Waals surface area (Å²) in [5.41, 5.74) is 3.39. The van der Waals surface area contributed by atoms with Gasteiger partial charge in [0.15, 0.2) is 0 Å². The second kappa shape index (κ2) is 10.7. The maximum absolute atomic E-state index is 4.60. The molecule has 0 fully saturated rings. The molecule has 1 aromatic carbocycles. The summed E-state index contributed by atoms with van der Waals surface area (Å²) in [5, 5.41) is 3.54. The molecule has 2 heteroatoms. The molecule has 0 aliphatic heterocycles. The van der Waals surface area contributed by atoms with Crippen LogP contribution in [0.25, 0.3) is 21.7 Å². The highest BCUT2D eigenvalue weighted by Crippen LogP contribution is 2.22. The van der Waals surface area contributed by atoms with E-state index < -0.39 is 0 Å². The van der Waals surface area contributed by atoms with E-state index in [9.17, 15) is 0 Å². The number of fused-ring (bicyclic) bond motifs is 2. The second-order valence-corrected chi connectivity index (χ2v) is 4.16. The van der Waals surface area contributed by atoms with Gasteiger partial charge in [0.25, 0.3) is 0 Å². The normalized spacial score (nSPS) is 8.91. The zero-order valence-electron chi connectivity index (χ0n) is 15.4. The summed E-state index contributed by atoms with van der Waals surface area (Å²) in [6, 6.07) is 8.48. The van der Waals surface area contributed by atoms with Crippen LogP contribution in [0.3, 0.4) is 0 Å². The molecule has 120 valence electrons. The van der Waals surface area contributed by atoms with Crippen LogP contribution in [-0.4, -0.2) is 9.97 Å². The fourth-order valence-corrected chi connectivity index (χ4v) is 1.96. The Morgan fingerprint density at radius 1 is 0.727 bits per heavy atom. The van der Waals surface area contributed by atoms with Crippen molar-refractivity contribution in [1.29, 1.82) is 0 Å². The molecule has 0 saturated carbocycles. The van der Waals surface area contributed by atoms with Gasteiger partial charge in [-0.2, -0.15) is 0 Å². The van der Waals surface area contributed by atoms with E-state index in [1.54, 1.807) is 0 Å². The lowest BCUT2D eigenvalue weighted by molar-refractivity contribution is 1.20. The summed E-state index contributed by atoms with van der Waals surface area (Å²) in [6.45, 7) is 16.1. The Morgan fingerprint density at radius 2 is 1.36 bits per heavy atom. The largest absolute Gasteiger partial charge is 0.264 e. The number of hydrogen-bond acceptors (Lipinski definition) is 2. The molecular formula is C20H30N2. The Morgan fingerprint density at radius 3 is 2.00 bits per heavy atom. The maximum atomic E-state index is 4.60. The second-order valence-electron chi connectivity index (χ2n) is 4.16. The Hall–Kier alpha value is -1.96. The minimum atomic E-state index is 1.06. The van der Waals surface area contributed by atoms with Gasteiger partial charge < -0.3 is 0 Å². The molecule has 3 rings (SSSR count). The maximum Gasteiger partial charge on any atom is 0.0711 e. The average Bonchev–Trinajstić information content (AvgIpc) is 2.60. The quantitative estimate of drug-likeness (QED) is 0.444. The molecular weight excluding hydrogens is 268 g/mol. The van der Waals surface area contributed by atoms with E-state index in [1.165, 1.54) is 21.7 Å². The molecule has 0 aliphatic carbocycles. The van der Waals surface area contributed by atoms with Crippen LogP contribution in [0.4, 0.5) is 0 Å². The van der Waals surface area contributed by atoms with Crippen LogP contribution in [0.5, 0.6) is 0 Å². The van der Waals surface area contributed by atoms with Crippen molar-refractivity contribution in [3.63, 3.8) is 0 Å². The summed E-state index contributed by atoms with van der Waals surface area (Å²) in [5.74, 6) is 0. The molecule has 0 amide bonds. The average molecular weight is 298 g/mol. The first-order chi connectivity index (χ1) is 10.7. The number of benzene rings is 1. The zero-order valence-corrected chi connectivity index (χ0v) is 15.4. The van der Waals surface area contributed by atoms with E-state index in [0.29, 0.717) is 0 Å². The van der Waals surface area contributed by atoms with Crippen molar-refractivity contribution in [1.82, 2.24) is 9.97 Å². The first-order valence-electron chi connectivity index (χ1n) is 8.36. The fourth-order valence-electron chi connectivity index (χ4n) is 1.96. The summed E-state index contributed by atoms with van der Waals surface area (Å²) >= 11 is 0. The van der Waals surface area contributed by atoms with Crippen molar-refractivity contribution in [2.45, 2.75) is 55.4 Å². The van der Waals surface area contributed by atoms with Gasteiger partial charge in [0.2, 0.25) is 0 Å². The van der Waals surface area contributed by atoms with Crippen LogP contribution in [-0.2, 0) is 0 Å². The molecule has 0 radical (unpaired) electrons. The monoisotopic (exact) mass is 298 g/mol. The third-order valence-electron chi connectivity index (χ3n) is 3.02. The SMILES string of the molecule is CC.CC.CC.Cc1cc2cc3cnccc3cc2nc1C. The molecule has 22 heavy (non-hydrogen) atoms. The molecule has 0 atom stereocenters. The highest BCUT2D eigenvalue weighted by atomic mass is 14.7. The van der Waals surface area contributed by atoms with E-state index in [-0.39, 0.29) is 0 Å². The molecule has 0 spiro atoms. The van der Waals surface area contributed by atoms with Gasteiger partial charge in [-0.3, -0.25) is 9.97 Å². The van der Waals surface area contributed by atoms with Gasteiger partial charge in [0.1, 0.15) is 0 Å². The zero-order chi connectivity index (χ0) is 17.1. The Balaban J connectivity index is 0.000000661. The van der Waals surface area contributed by atoms with Crippen molar-refractivity contribution in [2.24, 2.45) is 0 Å². The molecule has 0 N–H and O–H groups in total. The number of aryl methyl sites for hydroxylation is 2. The van der Waals surface area contributed by atoms with Gasteiger partial charge in [0, 0.05) is 28.9 Å². The van der Waals surface area contributed by atoms with Crippen LogP contribution in [0.2, 0.25) is 0 Å². The van der Waals surface area contributed by atoms with Crippen molar-refractivity contribution in [3.8, 4) is 0 Å². The summed E-state index contributed by atoms with van der Waals surface area (Å²) in [6.07, 6.45) is 3.71. The lowest BCUT2D eigenvalue weighted by atomic mass is 10.1. The molecule has 2 aromatic heterocycles. The summed E-state index contributed by atoms with van der Waals surface area (Å²) in [4.78, 5) is 8.74. The predicted molar refractivity (Wildman–Crippen MR) is 101 cm³/mol. The van der Waals surface area contributed by atoms with Gasteiger partial charge >= 0.3 is 0 Å². The van der Waals surface area contributed by atoms with Crippen LogP contribution in [0.1, 0.15) is 52.8 Å². The molecule has 2 nitrogen and oxygen atoms in total. The van der Waals surface area contributed by atoms with Gasteiger partial charge in [0.05, 0.1) is 5.52 Å². The number of nitrogens with zero attached hydrogens (tertiary/aromatic N) is 2. The lowest BCUT2D eigenvalue weighted by Gasteiger charge is -2.04. The first-order valence-corrected chi connectivity index (χ1v) is 8.36. The summed E-state index contributed by atoms with van der Waals surface area (Å²) < 4.78 is 0. The highest BCUT2D eigenvalue weighted by Gasteiger charge is 2.01. The first kappa shape index (κ1) is 20.0. The molecule has 2 heterocycles. The van der Waals surface area contributed by atoms with Crippen LogP contribution in [0, 0.1) is 13.8 Å². The van der Waals surface area contributed by atoms with Crippen LogP contribution < -0.4 is 0 Å². The molecule has 3 aromatic rings. The lowest BCUT2D eigenvalue weighted by Crippen LogP contribution is -1.88. The van der Waals surface area contributed by atoms with Crippen molar-refractivity contribution >= 4 is 21.7 Å². The Bertz CT molecular complexity index is 628. The van der Waals surface area contributed by atoms with Crippen LogP contribution in [0.15, 0.2) is 36.7 Å². The van der Waals surface area contributed by atoms with E-state index in [1.807, 2.05) is 66.9 Å². The van der Waals surface area contributed by atoms with Crippen molar-refractivity contribution in [2.75, 3.05) is 0 Å². The standard InChI is InChI=1S/C14H12N2.3C2H6/c1-9-5-12-6-13-8-15-4-3-11(13)7-14(12)16-10(9)2;3*1-2/h3-8H,1-2H3;3*1-2H3. The molecule has 0 unspecified atom stereocenters. The van der Waals surface area contributed by atoms with E-state index in [4.69, 9.17) is 0 Å². The smallest absolute Gasteiger partial charge is 0.0711 e. The summed E-state index contributed by atoms with van der Waals surface area (Å²) in [7, 11) is 0. The third-order valence-corrected chi connectivity index (χ3v) is 3.02. The van der Waals surface area contributed by atoms with Gasteiger partial charge in [-0.15, -0.1) is 0 Å². The van der Waals surface area contributed by atoms with Crippen molar-refractivity contribution in [3.05, 3.63) is 47.9 Å². The number of rotatable bonds is 0. The van der Waals surface area contributed by atoms with Gasteiger partial charge in [-0.1, -0.05) is 41.5 Å². The third kappa shape index (κ3) is 4.80. The fraction of sp³-hybridized carbons (Fsp3) is 0.400. The molecule has 0 bridgehead atoms. The Kier molecular flexibility index (Phi) is 9.77. The number of aromatic nitrogens is 2. The molecule has 0 aliphatic rings. The minimum Gasteiger partial charge on any atom is -0.264 e. The Labute approximate surface area is 135 Å². The molecule has 0 saturated heterocycles. The van der Waals surface area contributed by atoms with Crippen molar-refractivity contribution < 1.29 is 0 Å². The minimum absolute atomic E-state index is 1.06.